The summed E-state index contributed by atoms with van der Waals surface area (Å²) in [5.41, 5.74) is 0.294. The molecule has 170 valence electrons. The van der Waals surface area contributed by atoms with E-state index in [1.807, 2.05) is 0 Å². The van der Waals surface area contributed by atoms with Gasteiger partial charge in [-0.3, -0.25) is 10.2 Å². The zero-order chi connectivity index (χ0) is 23.8. The van der Waals surface area contributed by atoms with Crippen LogP contribution in [0.3, 0.4) is 0 Å². The van der Waals surface area contributed by atoms with Crippen molar-refractivity contribution in [1.29, 1.82) is 5.41 Å². The number of benzene rings is 1. The van der Waals surface area contributed by atoms with E-state index >= 15 is 0 Å². The minimum atomic E-state index is -3.74. The molecule has 0 radical (unpaired) electrons. The molecule has 0 unspecified atom stereocenters. The third kappa shape index (κ3) is 4.19. The summed E-state index contributed by atoms with van der Waals surface area (Å²) in [6.07, 6.45) is 2.71. The molecular formula is C20H16N4O7S2. The van der Waals surface area contributed by atoms with Gasteiger partial charge in [-0.05, 0) is 35.9 Å². The number of carbonyl (C=O) groups excluding carboxylic acids is 2. The molecule has 1 N–H and O–H groups in total. The van der Waals surface area contributed by atoms with Gasteiger partial charge < -0.3 is 13.9 Å². The molecule has 0 atom stereocenters. The number of carbonyl (C=O) groups is 2. The second-order valence-corrected chi connectivity index (χ2v) is 9.49. The number of aliphatic imine (C=N–C) groups is 1. The largest absolute Gasteiger partial charge is 0.493 e. The van der Waals surface area contributed by atoms with Gasteiger partial charge in [0, 0.05) is 0 Å². The van der Waals surface area contributed by atoms with Crippen LogP contribution in [-0.4, -0.2) is 54.2 Å². The van der Waals surface area contributed by atoms with E-state index in [1.165, 1.54) is 50.6 Å². The molecule has 0 bridgehead atoms. The number of rotatable bonds is 5. The second kappa shape index (κ2) is 8.67. The molecule has 33 heavy (non-hydrogen) atoms. The zero-order valence-corrected chi connectivity index (χ0v) is 18.9. The second-order valence-electron chi connectivity index (χ2n) is 6.59. The van der Waals surface area contributed by atoms with E-state index in [9.17, 15) is 18.0 Å². The first-order chi connectivity index (χ1) is 15.7. The molecule has 0 aliphatic carbocycles. The molecule has 13 heteroatoms. The van der Waals surface area contributed by atoms with Crippen molar-refractivity contribution < 1.29 is 31.9 Å². The third-order valence-corrected chi connectivity index (χ3v) is 6.98. The minimum absolute atomic E-state index is 0.00643. The number of nitrogens with one attached hydrogen (secondary N) is 1. The van der Waals surface area contributed by atoms with Gasteiger partial charge in [0.15, 0.2) is 11.5 Å². The number of hydrogen-bond acceptors (Lipinski definition) is 10. The van der Waals surface area contributed by atoms with E-state index in [4.69, 9.17) is 19.3 Å². The molecule has 0 saturated carbocycles. The molecule has 1 aromatic heterocycles. The van der Waals surface area contributed by atoms with Gasteiger partial charge in [0.2, 0.25) is 25.9 Å². The molecule has 4 rings (SSSR count). The van der Waals surface area contributed by atoms with Crippen molar-refractivity contribution in [1.82, 2.24) is 4.90 Å². The first-order valence-corrected chi connectivity index (χ1v) is 11.8. The molecule has 1 amide bonds. The number of nitrogens with zero attached hydrogens (tertiary/aromatic N) is 3. The predicted octanol–water partition coefficient (Wildman–Crippen LogP) is 2.52. The first kappa shape index (κ1) is 22.5. The van der Waals surface area contributed by atoms with E-state index in [-0.39, 0.29) is 44.8 Å². The van der Waals surface area contributed by atoms with Gasteiger partial charge in [0.05, 0.1) is 36.6 Å². The molecule has 3 heterocycles. The molecule has 0 saturated heterocycles. The number of ether oxygens (including phenoxy) is 2. The summed E-state index contributed by atoms with van der Waals surface area (Å²) in [5, 5.41) is 8.11. The van der Waals surface area contributed by atoms with E-state index in [0.717, 1.165) is 16.8 Å². The number of furan rings is 1. The van der Waals surface area contributed by atoms with E-state index in [0.29, 0.717) is 5.56 Å². The number of sulfone groups is 1. The molecule has 0 spiro atoms. The Balaban J connectivity index is 1.65. The lowest BCUT2D eigenvalue weighted by molar-refractivity contribution is -0.114. The summed E-state index contributed by atoms with van der Waals surface area (Å²) in [6.45, 7) is 1.46. The van der Waals surface area contributed by atoms with Crippen molar-refractivity contribution in [3.8, 4) is 11.5 Å². The first-order valence-electron chi connectivity index (χ1n) is 9.40. The Hall–Kier alpha value is -3.71. The molecule has 1 aromatic carbocycles. The normalized spacial score (nSPS) is 17.0. The topological polar surface area (TPSA) is 152 Å². The Morgan fingerprint density at radius 3 is 2.76 bits per heavy atom. The lowest BCUT2D eigenvalue weighted by Gasteiger charge is -2.24. The summed E-state index contributed by atoms with van der Waals surface area (Å²) in [7, 11) is -2.37. The average molecular weight is 489 g/mol. The number of hydrogen-bond donors (Lipinski definition) is 1. The van der Waals surface area contributed by atoms with Gasteiger partial charge in [0.1, 0.15) is 5.84 Å². The minimum Gasteiger partial charge on any atom is -0.493 e. The highest BCUT2D eigenvalue weighted by Crippen LogP contribution is 2.32. The van der Waals surface area contributed by atoms with Crippen LogP contribution in [-0.2, 0) is 14.6 Å². The van der Waals surface area contributed by atoms with Crippen LogP contribution in [0.4, 0.5) is 0 Å². The van der Waals surface area contributed by atoms with Crippen LogP contribution in [0.2, 0.25) is 0 Å². The Bertz CT molecular complexity index is 1360. The molecule has 2 aromatic rings. The Labute approximate surface area is 192 Å². The van der Waals surface area contributed by atoms with Crippen molar-refractivity contribution in [2.24, 2.45) is 9.39 Å². The van der Waals surface area contributed by atoms with Crippen molar-refractivity contribution in [2.45, 2.75) is 6.92 Å². The summed E-state index contributed by atoms with van der Waals surface area (Å²) >= 11 is 0.725. The van der Waals surface area contributed by atoms with Crippen molar-refractivity contribution >= 4 is 55.9 Å². The monoisotopic (exact) mass is 488 g/mol. The molecular weight excluding hydrogens is 472 g/mol. The highest BCUT2D eigenvalue weighted by atomic mass is 32.2. The summed E-state index contributed by atoms with van der Waals surface area (Å²) in [5.74, 6) is -1.69. The smallest absolute Gasteiger partial charge is 0.379 e. The fourth-order valence-electron chi connectivity index (χ4n) is 2.90. The number of esters is 1. The van der Waals surface area contributed by atoms with Gasteiger partial charge in [0.25, 0.3) is 5.91 Å². The van der Waals surface area contributed by atoms with Gasteiger partial charge in [-0.15, -0.1) is 0 Å². The Kier molecular flexibility index (Phi) is 5.91. The number of fused-ring (bicyclic) bond motifs is 1. The molecule has 11 nitrogen and oxygen atoms in total. The highest BCUT2D eigenvalue weighted by Gasteiger charge is 2.42. The SMILES string of the molecule is CCS(=O)(=O)C1=NSC2=NC(=O)C(=Cc3ccc(OC(=O)c4ccco4)c(OC)c3)C(=N)N21. The lowest BCUT2D eigenvalue weighted by Crippen LogP contribution is -2.45. The molecule has 0 fully saturated rings. The van der Waals surface area contributed by atoms with E-state index in [1.54, 1.807) is 6.07 Å². The van der Waals surface area contributed by atoms with Crippen molar-refractivity contribution in [3.63, 3.8) is 0 Å². The Morgan fingerprint density at radius 1 is 1.30 bits per heavy atom. The summed E-state index contributed by atoms with van der Waals surface area (Å²) in [6, 6.07) is 7.49. The van der Waals surface area contributed by atoms with E-state index < -0.39 is 21.7 Å². The van der Waals surface area contributed by atoms with Gasteiger partial charge in [-0.1, -0.05) is 13.0 Å². The molecule has 2 aliphatic heterocycles. The van der Waals surface area contributed by atoms with Crippen LogP contribution < -0.4 is 9.47 Å². The maximum atomic E-state index is 12.5. The summed E-state index contributed by atoms with van der Waals surface area (Å²) < 4.78 is 44.1. The van der Waals surface area contributed by atoms with Crippen molar-refractivity contribution in [2.75, 3.05) is 12.9 Å². The fourth-order valence-corrected chi connectivity index (χ4v) is 4.86. The third-order valence-electron chi connectivity index (χ3n) is 4.58. The Morgan fingerprint density at radius 2 is 2.09 bits per heavy atom. The number of methoxy groups -OCH3 is 1. The van der Waals surface area contributed by atoms with Crippen LogP contribution in [0.1, 0.15) is 23.0 Å². The zero-order valence-electron chi connectivity index (χ0n) is 17.3. The van der Waals surface area contributed by atoms with Crippen LogP contribution in [0.15, 0.2) is 56.0 Å². The average Bonchev–Trinajstić information content (AvgIpc) is 3.48. The summed E-state index contributed by atoms with van der Waals surface area (Å²) in [4.78, 5) is 29.6. The number of amides is 1. The maximum absolute atomic E-state index is 12.5. The van der Waals surface area contributed by atoms with Crippen LogP contribution in [0, 0.1) is 5.41 Å². The standard InChI is InChI=1S/C20H16N4O7S2/c1-3-33(27,28)20-23-32-19-22-17(25)12(16(21)24(19)20)9-11-6-7-13(15(10-11)29-2)31-18(26)14-5-4-8-30-14/h4-10,21H,3H2,1-2H3. The lowest BCUT2D eigenvalue weighted by atomic mass is 10.1. The highest BCUT2D eigenvalue weighted by molar-refractivity contribution is 8.16. The van der Waals surface area contributed by atoms with E-state index in [2.05, 4.69) is 9.39 Å². The quantitative estimate of drug-likeness (QED) is 0.290. The molecule has 2 aliphatic rings. The van der Waals surface area contributed by atoms with Crippen LogP contribution in [0.5, 0.6) is 11.5 Å². The fraction of sp³-hybridized carbons (Fsp3) is 0.150. The van der Waals surface area contributed by atoms with Crippen molar-refractivity contribution in [3.05, 3.63) is 53.5 Å². The van der Waals surface area contributed by atoms with Gasteiger partial charge in [-0.2, -0.15) is 9.39 Å². The predicted molar refractivity (Wildman–Crippen MR) is 121 cm³/mol. The number of amidine groups is 3. The van der Waals surface area contributed by atoms with Crippen LogP contribution >= 0.6 is 11.9 Å². The maximum Gasteiger partial charge on any atom is 0.379 e. The van der Waals surface area contributed by atoms with Crippen LogP contribution in [0.25, 0.3) is 6.08 Å². The van der Waals surface area contributed by atoms with Gasteiger partial charge in [-0.25, -0.2) is 18.1 Å². The van der Waals surface area contributed by atoms with Gasteiger partial charge >= 0.3 is 5.97 Å².